The number of carbonyl (C=O) groups is 2. The molecule has 4 aromatic carbocycles. The molecule has 0 bridgehead atoms. The highest BCUT2D eigenvalue weighted by Gasteiger charge is 2.54. The van der Waals surface area contributed by atoms with Crippen LogP contribution >= 0.6 is 0 Å². The summed E-state index contributed by atoms with van der Waals surface area (Å²) in [6.45, 7) is 0. The Morgan fingerprint density at radius 2 is 0.881 bits per heavy atom. The van der Waals surface area contributed by atoms with Crippen molar-refractivity contribution in [1.82, 2.24) is 0 Å². The summed E-state index contributed by atoms with van der Waals surface area (Å²) in [5, 5.41) is 0. The van der Waals surface area contributed by atoms with E-state index < -0.39 is 24.3 Å². The minimum atomic E-state index is -0.462. The van der Waals surface area contributed by atoms with E-state index in [1.165, 1.54) is 14.2 Å². The van der Waals surface area contributed by atoms with Crippen LogP contribution in [0.1, 0.15) is 46.2 Å². The van der Waals surface area contributed by atoms with Gasteiger partial charge < -0.3 is 18.9 Å². The molecule has 0 spiro atoms. The van der Waals surface area contributed by atoms with E-state index in [2.05, 4.69) is 0 Å². The van der Waals surface area contributed by atoms with Crippen molar-refractivity contribution in [3.05, 3.63) is 119 Å². The highest BCUT2D eigenvalue weighted by atomic mass is 16.5. The Balaban J connectivity index is 1.69. The quantitative estimate of drug-likeness (QED) is 0.260. The number of rotatable bonds is 4. The second-order valence-corrected chi connectivity index (χ2v) is 10.3. The summed E-state index contributed by atoms with van der Waals surface area (Å²) >= 11 is 0. The normalized spacial score (nSPS) is 20.5. The van der Waals surface area contributed by atoms with Gasteiger partial charge in [-0.3, -0.25) is 9.80 Å². The number of ether oxygens (including phenoxy) is 4. The SMILES string of the molecule is COC(=O)N1c2ccccc2[C@@H]2[C@H](c3ccccc3N(C(=O)OC)[C@H]2c2ccc(OC)cc2)[C@H]1c1ccc(OC)cc1. The zero-order valence-electron chi connectivity index (χ0n) is 23.9. The molecule has 8 heteroatoms. The highest BCUT2D eigenvalue weighted by Crippen LogP contribution is 2.63. The number of amides is 2. The van der Waals surface area contributed by atoms with Crippen LogP contribution in [0.25, 0.3) is 0 Å². The number of methoxy groups -OCH3 is 4. The fourth-order valence-corrected chi connectivity index (χ4v) is 6.65. The van der Waals surface area contributed by atoms with Crippen LogP contribution in [-0.2, 0) is 9.47 Å². The summed E-state index contributed by atoms with van der Waals surface area (Å²) in [5.41, 5.74) is 5.16. The molecule has 0 radical (unpaired) electrons. The lowest BCUT2D eigenvalue weighted by Gasteiger charge is -2.54. The molecule has 6 rings (SSSR count). The first-order chi connectivity index (χ1) is 20.5. The number of hydrogen-bond acceptors (Lipinski definition) is 6. The van der Waals surface area contributed by atoms with E-state index in [0.717, 1.165) is 33.6 Å². The van der Waals surface area contributed by atoms with Crippen molar-refractivity contribution in [3.8, 4) is 11.5 Å². The Labute approximate surface area is 245 Å². The third-order valence-electron chi connectivity index (χ3n) is 8.39. The number of carbonyl (C=O) groups excluding carboxylic acids is 2. The zero-order chi connectivity index (χ0) is 29.4. The number of nitrogens with zero attached hydrogens (tertiary/aromatic N) is 2. The first-order valence-corrected chi connectivity index (χ1v) is 13.7. The van der Waals surface area contributed by atoms with Gasteiger partial charge in [0, 0.05) is 11.8 Å². The average Bonchev–Trinajstić information content (AvgIpc) is 3.06. The largest absolute Gasteiger partial charge is 0.497 e. The van der Waals surface area contributed by atoms with Crippen LogP contribution in [0.3, 0.4) is 0 Å². The predicted octanol–water partition coefficient (Wildman–Crippen LogP) is 7.23. The molecule has 2 aliphatic heterocycles. The summed E-state index contributed by atoms with van der Waals surface area (Å²) in [6.07, 6.45) is -0.925. The predicted molar refractivity (Wildman–Crippen MR) is 160 cm³/mol. The molecule has 0 saturated carbocycles. The van der Waals surface area contributed by atoms with E-state index in [0.29, 0.717) is 11.5 Å². The molecule has 0 unspecified atom stereocenters. The van der Waals surface area contributed by atoms with Gasteiger partial charge in [0.2, 0.25) is 0 Å². The number of benzene rings is 4. The highest BCUT2D eigenvalue weighted by molar-refractivity contribution is 5.95. The van der Waals surface area contributed by atoms with Gasteiger partial charge in [0.05, 0.1) is 51.9 Å². The van der Waals surface area contributed by atoms with Gasteiger partial charge in [0.25, 0.3) is 0 Å². The van der Waals surface area contributed by atoms with Crippen LogP contribution < -0.4 is 19.3 Å². The first kappa shape index (κ1) is 27.2. The minimum absolute atomic E-state index is 0.253. The van der Waals surface area contributed by atoms with Gasteiger partial charge in [0.15, 0.2) is 0 Å². The van der Waals surface area contributed by atoms with Gasteiger partial charge >= 0.3 is 12.2 Å². The van der Waals surface area contributed by atoms with E-state index in [1.807, 2.05) is 97.1 Å². The van der Waals surface area contributed by atoms with E-state index >= 15 is 0 Å². The Morgan fingerprint density at radius 1 is 0.524 bits per heavy atom. The molecule has 0 fully saturated rings. The summed E-state index contributed by atoms with van der Waals surface area (Å²) in [7, 11) is 6.05. The van der Waals surface area contributed by atoms with E-state index in [-0.39, 0.29) is 11.8 Å². The van der Waals surface area contributed by atoms with E-state index in [1.54, 1.807) is 24.0 Å². The smallest absolute Gasteiger partial charge is 0.414 e. The summed E-state index contributed by atoms with van der Waals surface area (Å²) in [4.78, 5) is 30.8. The van der Waals surface area contributed by atoms with Gasteiger partial charge in [-0.2, -0.15) is 0 Å². The second-order valence-electron chi connectivity index (χ2n) is 10.3. The second kappa shape index (κ2) is 11.1. The van der Waals surface area contributed by atoms with Crippen LogP contribution in [0, 0.1) is 0 Å². The lowest BCUT2D eigenvalue weighted by Crippen LogP contribution is -2.51. The molecule has 214 valence electrons. The Bertz CT molecular complexity index is 1480. The van der Waals surface area contributed by atoms with Gasteiger partial charge in [-0.05, 0) is 58.7 Å². The Kier molecular flexibility index (Phi) is 7.20. The third-order valence-corrected chi connectivity index (χ3v) is 8.39. The number of fused-ring (bicyclic) bond motifs is 5. The lowest BCUT2D eigenvalue weighted by molar-refractivity contribution is 0.165. The van der Waals surface area contributed by atoms with Gasteiger partial charge in [0.1, 0.15) is 11.5 Å². The molecule has 0 aliphatic carbocycles. The van der Waals surface area contributed by atoms with Crippen LogP contribution in [0.2, 0.25) is 0 Å². The Morgan fingerprint density at radius 3 is 1.21 bits per heavy atom. The molecule has 0 aromatic heterocycles. The maximum atomic E-state index is 13.6. The third kappa shape index (κ3) is 4.31. The molecule has 0 N–H and O–H groups in total. The molecule has 2 heterocycles. The van der Waals surface area contributed by atoms with Crippen molar-refractivity contribution in [2.45, 2.75) is 23.9 Å². The summed E-state index contributed by atoms with van der Waals surface area (Å²) in [5.74, 6) is 0.925. The van der Waals surface area contributed by atoms with Gasteiger partial charge in [-0.25, -0.2) is 9.59 Å². The number of hydrogen-bond donors (Lipinski definition) is 0. The lowest BCUT2D eigenvalue weighted by atomic mass is 9.64. The number of anilines is 2. The summed E-state index contributed by atoms with van der Waals surface area (Å²) in [6, 6.07) is 30.3. The molecule has 2 amide bonds. The molecule has 4 aromatic rings. The minimum Gasteiger partial charge on any atom is -0.497 e. The first-order valence-electron chi connectivity index (χ1n) is 13.7. The van der Waals surface area contributed by atoms with Crippen LogP contribution in [0.4, 0.5) is 21.0 Å². The monoisotopic (exact) mass is 564 g/mol. The average molecular weight is 565 g/mol. The van der Waals surface area contributed by atoms with Crippen molar-refractivity contribution < 1.29 is 28.5 Å². The molecular weight excluding hydrogens is 532 g/mol. The van der Waals surface area contributed by atoms with Crippen molar-refractivity contribution in [3.63, 3.8) is 0 Å². The zero-order valence-corrected chi connectivity index (χ0v) is 23.9. The molecule has 0 saturated heterocycles. The molecule has 2 aliphatic rings. The molecule has 8 nitrogen and oxygen atoms in total. The standard InChI is InChI=1S/C34H32N2O6/c1-39-23-17-13-21(14-18-23)31-29-25-9-5-8-12-28(25)36(34(38)42-4)32(22-15-19-24(40-2)20-16-22)30(29)26-10-6-7-11-27(26)35(31)33(37)41-3/h5-20,29-32H,1-4H3/t29-,30+,31+,32-. The fraction of sp³-hybridized carbons (Fsp3) is 0.235. The van der Waals surface area contributed by atoms with Gasteiger partial charge in [-0.1, -0.05) is 60.7 Å². The van der Waals surface area contributed by atoms with Crippen molar-refractivity contribution in [2.75, 3.05) is 38.2 Å². The van der Waals surface area contributed by atoms with Crippen LogP contribution in [-0.4, -0.2) is 40.6 Å². The summed E-state index contributed by atoms with van der Waals surface area (Å²) < 4.78 is 21.7. The van der Waals surface area contributed by atoms with Gasteiger partial charge in [-0.15, -0.1) is 0 Å². The molecule has 42 heavy (non-hydrogen) atoms. The van der Waals surface area contributed by atoms with E-state index in [4.69, 9.17) is 18.9 Å². The van der Waals surface area contributed by atoms with E-state index in [9.17, 15) is 9.59 Å². The van der Waals surface area contributed by atoms with Crippen LogP contribution in [0.15, 0.2) is 97.1 Å². The Hall–Kier alpha value is -4.98. The fourth-order valence-electron chi connectivity index (χ4n) is 6.65. The van der Waals surface area contributed by atoms with Crippen molar-refractivity contribution >= 4 is 23.6 Å². The maximum absolute atomic E-state index is 13.6. The maximum Gasteiger partial charge on any atom is 0.414 e. The number of para-hydroxylation sites is 2. The topological polar surface area (TPSA) is 77.5 Å². The molecular formula is C34H32N2O6. The van der Waals surface area contributed by atoms with Crippen molar-refractivity contribution in [1.29, 1.82) is 0 Å². The van der Waals surface area contributed by atoms with Crippen molar-refractivity contribution in [2.24, 2.45) is 0 Å². The molecule has 4 atom stereocenters. The van der Waals surface area contributed by atoms with Crippen LogP contribution in [0.5, 0.6) is 11.5 Å².